The van der Waals surface area contributed by atoms with Crippen LogP contribution < -0.4 is 15.0 Å². The maximum Gasteiger partial charge on any atom is 0.337 e. The molecule has 0 aliphatic carbocycles. The largest absolute Gasteiger partial charge is 0.488 e. The van der Waals surface area contributed by atoms with Crippen LogP contribution in [0.2, 0.25) is 0 Å². The highest BCUT2D eigenvalue weighted by Gasteiger charge is 2.21. The molecule has 1 fully saturated rings. The lowest BCUT2D eigenvalue weighted by atomic mass is 10.1. The average molecular weight is 515 g/mol. The molecule has 0 unspecified atom stereocenters. The molecule has 7 nitrogen and oxygen atoms in total. The van der Waals surface area contributed by atoms with E-state index in [2.05, 4.69) is 10.2 Å². The van der Waals surface area contributed by atoms with Gasteiger partial charge in [-0.3, -0.25) is 4.79 Å². The Balaban J connectivity index is 1.47. The van der Waals surface area contributed by atoms with Crippen LogP contribution in [0.4, 0.5) is 11.4 Å². The predicted molar refractivity (Wildman–Crippen MR) is 145 cm³/mol. The van der Waals surface area contributed by atoms with Crippen molar-refractivity contribution in [2.45, 2.75) is 6.61 Å². The highest BCUT2D eigenvalue weighted by molar-refractivity contribution is 7.13. The molecule has 3 aromatic carbocycles. The van der Waals surface area contributed by atoms with Crippen molar-refractivity contribution < 1.29 is 24.2 Å². The van der Waals surface area contributed by atoms with Gasteiger partial charge in [0.1, 0.15) is 12.4 Å². The Morgan fingerprint density at radius 1 is 0.946 bits per heavy atom. The maximum absolute atomic E-state index is 13.6. The zero-order valence-corrected chi connectivity index (χ0v) is 20.9. The summed E-state index contributed by atoms with van der Waals surface area (Å²) in [4.78, 5) is 28.7. The fourth-order valence-electron chi connectivity index (χ4n) is 4.19. The number of amides is 1. The first-order valence-electron chi connectivity index (χ1n) is 11.9. The molecule has 0 bridgehead atoms. The summed E-state index contributed by atoms with van der Waals surface area (Å²) >= 11 is 1.54. The summed E-state index contributed by atoms with van der Waals surface area (Å²) in [6.45, 7) is 2.97. The second-order valence-corrected chi connectivity index (χ2v) is 9.50. The Morgan fingerprint density at radius 2 is 1.76 bits per heavy atom. The van der Waals surface area contributed by atoms with E-state index in [1.165, 1.54) is 6.07 Å². The Kier molecular flexibility index (Phi) is 7.49. The van der Waals surface area contributed by atoms with Gasteiger partial charge in [0.05, 0.1) is 30.0 Å². The van der Waals surface area contributed by atoms with Crippen molar-refractivity contribution in [3.8, 4) is 16.2 Å². The van der Waals surface area contributed by atoms with Gasteiger partial charge in [0.2, 0.25) is 0 Å². The lowest BCUT2D eigenvalue weighted by Crippen LogP contribution is -2.36. The molecule has 0 atom stereocenters. The van der Waals surface area contributed by atoms with Gasteiger partial charge in [-0.25, -0.2) is 4.79 Å². The number of nitrogens with one attached hydrogen (secondary N) is 1. The van der Waals surface area contributed by atoms with Crippen molar-refractivity contribution >= 4 is 34.6 Å². The molecular formula is C29H26N2O5S. The van der Waals surface area contributed by atoms with E-state index in [-0.39, 0.29) is 11.3 Å². The number of thiophene rings is 1. The third-order valence-electron chi connectivity index (χ3n) is 6.13. The number of benzene rings is 3. The Labute approximate surface area is 218 Å². The van der Waals surface area contributed by atoms with Crippen LogP contribution >= 0.6 is 11.3 Å². The van der Waals surface area contributed by atoms with Crippen LogP contribution in [0.3, 0.4) is 0 Å². The van der Waals surface area contributed by atoms with Crippen molar-refractivity contribution in [3.05, 3.63) is 101 Å². The van der Waals surface area contributed by atoms with Crippen molar-refractivity contribution in [1.29, 1.82) is 0 Å². The number of rotatable bonds is 8. The van der Waals surface area contributed by atoms with Gasteiger partial charge in [0.25, 0.3) is 5.91 Å². The SMILES string of the molecule is O=C(O)c1ccc(-c2cccs2)cc1NC(=O)c1cc(N2CCOCC2)ccc1OCc1ccccc1. The van der Waals surface area contributed by atoms with E-state index >= 15 is 0 Å². The van der Waals surface area contributed by atoms with Crippen LogP contribution in [-0.2, 0) is 11.3 Å². The van der Waals surface area contributed by atoms with Gasteiger partial charge in [-0.05, 0) is 52.9 Å². The highest BCUT2D eigenvalue weighted by atomic mass is 32.1. The van der Waals surface area contributed by atoms with Gasteiger partial charge in [-0.15, -0.1) is 11.3 Å². The minimum Gasteiger partial charge on any atom is -0.488 e. The quantitative estimate of drug-likeness (QED) is 0.310. The molecule has 0 saturated carbocycles. The van der Waals surface area contributed by atoms with Crippen molar-refractivity contribution in [2.75, 3.05) is 36.5 Å². The van der Waals surface area contributed by atoms with Gasteiger partial charge < -0.3 is 24.8 Å². The van der Waals surface area contributed by atoms with E-state index in [0.717, 1.165) is 34.8 Å². The zero-order chi connectivity index (χ0) is 25.6. The van der Waals surface area contributed by atoms with E-state index < -0.39 is 11.9 Å². The molecule has 1 aliphatic rings. The first kappa shape index (κ1) is 24.5. The number of carboxylic acids is 1. The number of carbonyl (C=O) groups excluding carboxylic acids is 1. The number of carbonyl (C=O) groups is 2. The molecule has 8 heteroatoms. The second kappa shape index (κ2) is 11.3. The number of anilines is 2. The van der Waals surface area contributed by atoms with E-state index in [1.54, 1.807) is 35.6 Å². The van der Waals surface area contributed by atoms with Gasteiger partial charge >= 0.3 is 5.97 Å². The number of hydrogen-bond acceptors (Lipinski definition) is 6. The summed E-state index contributed by atoms with van der Waals surface area (Å²) < 4.78 is 11.5. The first-order valence-corrected chi connectivity index (χ1v) is 12.8. The molecule has 2 N–H and O–H groups in total. The molecule has 2 heterocycles. The highest BCUT2D eigenvalue weighted by Crippen LogP contribution is 2.31. The molecule has 1 aliphatic heterocycles. The van der Waals surface area contributed by atoms with Crippen LogP contribution in [0.15, 0.2) is 84.2 Å². The Hall–Kier alpha value is -4.14. The summed E-state index contributed by atoms with van der Waals surface area (Å²) in [5, 5.41) is 14.5. The molecule has 0 radical (unpaired) electrons. The van der Waals surface area contributed by atoms with Crippen molar-refractivity contribution in [2.24, 2.45) is 0 Å². The molecule has 37 heavy (non-hydrogen) atoms. The molecule has 1 amide bonds. The van der Waals surface area contributed by atoms with Gasteiger partial charge in [-0.2, -0.15) is 0 Å². The van der Waals surface area contributed by atoms with E-state index in [9.17, 15) is 14.7 Å². The van der Waals surface area contributed by atoms with Crippen LogP contribution in [-0.4, -0.2) is 43.3 Å². The minimum atomic E-state index is -1.12. The lowest BCUT2D eigenvalue weighted by Gasteiger charge is -2.29. The Bertz CT molecular complexity index is 1380. The van der Waals surface area contributed by atoms with Gasteiger partial charge in [0.15, 0.2) is 0 Å². The molecule has 5 rings (SSSR count). The van der Waals surface area contributed by atoms with Crippen LogP contribution in [0.1, 0.15) is 26.3 Å². The van der Waals surface area contributed by atoms with Crippen LogP contribution in [0, 0.1) is 0 Å². The van der Waals surface area contributed by atoms with E-state index in [4.69, 9.17) is 9.47 Å². The maximum atomic E-state index is 13.6. The molecule has 4 aromatic rings. The normalized spacial score (nSPS) is 13.2. The van der Waals surface area contributed by atoms with Gasteiger partial charge in [-0.1, -0.05) is 42.5 Å². The smallest absolute Gasteiger partial charge is 0.337 e. The minimum absolute atomic E-state index is 0.0183. The monoisotopic (exact) mass is 514 g/mol. The number of hydrogen-bond donors (Lipinski definition) is 2. The second-order valence-electron chi connectivity index (χ2n) is 8.55. The van der Waals surface area contributed by atoms with Crippen molar-refractivity contribution in [3.63, 3.8) is 0 Å². The zero-order valence-electron chi connectivity index (χ0n) is 20.1. The van der Waals surface area contributed by atoms with E-state index in [1.807, 2.05) is 53.9 Å². The van der Waals surface area contributed by atoms with Crippen LogP contribution in [0.5, 0.6) is 5.75 Å². The number of nitrogens with zero attached hydrogens (tertiary/aromatic N) is 1. The first-order chi connectivity index (χ1) is 18.1. The lowest BCUT2D eigenvalue weighted by molar-refractivity contribution is 0.0698. The predicted octanol–water partition coefficient (Wildman–Crippen LogP) is 5.78. The number of aromatic carboxylic acids is 1. The van der Waals surface area contributed by atoms with Crippen molar-refractivity contribution in [1.82, 2.24) is 0 Å². The fourth-order valence-corrected chi connectivity index (χ4v) is 4.92. The summed E-state index contributed by atoms with van der Waals surface area (Å²) in [6, 6.07) is 24.1. The number of carboxylic acid groups (broad SMARTS) is 1. The fraction of sp³-hybridized carbons (Fsp3) is 0.172. The third-order valence-corrected chi connectivity index (χ3v) is 7.04. The Morgan fingerprint density at radius 3 is 2.49 bits per heavy atom. The molecule has 1 aromatic heterocycles. The summed E-state index contributed by atoms with van der Waals surface area (Å²) in [7, 11) is 0. The van der Waals surface area contributed by atoms with Crippen LogP contribution in [0.25, 0.3) is 10.4 Å². The molecule has 188 valence electrons. The molecular weight excluding hydrogens is 488 g/mol. The third kappa shape index (κ3) is 5.82. The number of ether oxygens (including phenoxy) is 2. The van der Waals surface area contributed by atoms with E-state index in [0.29, 0.717) is 31.1 Å². The summed E-state index contributed by atoms with van der Waals surface area (Å²) in [5.41, 5.74) is 3.27. The topological polar surface area (TPSA) is 88.1 Å². The summed E-state index contributed by atoms with van der Waals surface area (Å²) in [6.07, 6.45) is 0. The van der Waals surface area contributed by atoms with Gasteiger partial charge in [0, 0.05) is 23.7 Å². The molecule has 1 saturated heterocycles. The average Bonchev–Trinajstić information content (AvgIpc) is 3.48. The summed E-state index contributed by atoms with van der Waals surface area (Å²) in [5.74, 6) is -1.13. The number of morpholine rings is 1. The molecule has 0 spiro atoms. The standard InChI is InChI=1S/C29H26N2O5S/c32-28(30-25-17-21(27-7-4-16-37-27)8-10-23(25)29(33)34)24-18-22(31-12-14-35-15-13-31)9-11-26(24)36-19-20-5-2-1-3-6-20/h1-11,16-18H,12-15,19H2,(H,30,32)(H,33,34).